The molecule has 0 spiro atoms. The number of rotatable bonds is 1. The van der Waals surface area contributed by atoms with E-state index in [0.29, 0.717) is 0 Å². The highest BCUT2D eigenvalue weighted by molar-refractivity contribution is 7.25. The van der Waals surface area contributed by atoms with E-state index in [1.54, 1.807) is 0 Å². The van der Waals surface area contributed by atoms with E-state index in [1.807, 2.05) is 11.3 Å². The van der Waals surface area contributed by atoms with Gasteiger partial charge in [0.05, 0.1) is 11.0 Å². The molecule has 3 aliphatic rings. The summed E-state index contributed by atoms with van der Waals surface area (Å²) in [6.45, 7) is 11.7. The number of para-hydroxylation sites is 1. The largest absolute Gasteiger partial charge is 0.456 e. The average Bonchev–Trinajstić information content (AvgIpc) is 3.97. The van der Waals surface area contributed by atoms with Crippen molar-refractivity contribution in [2.45, 2.75) is 45.4 Å². The molecule has 0 atom stereocenters. The fourth-order valence-corrected chi connectivity index (χ4v) is 12.5. The van der Waals surface area contributed by atoms with Gasteiger partial charge in [0.15, 0.2) is 0 Å². The number of fused-ring (bicyclic) bond motifs is 17. The van der Waals surface area contributed by atoms with Crippen LogP contribution in [-0.4, -0.2) is 11.4 Å². The van der Waals surface area contributed by atoms with E-state index in [9.17, 15) is 0 Å². The molecule has 3 aromatic heterocycles. The van der Waals surface area contributed by atoms with Gasteiger partial charge in [-0.05, 0) is 104 Å². The highest BCUT2D eigenvalue weighted by Crippen LogP contribution is 2.53. The second-order valence-corrected chi connectivity index (χ2v) is 20.0. The maximum atomic E-state index is 6.57. The Morgan fingerprint density at radius 2 is 1.33 bits per heavy atom. The minimum absolute atomic E-state index is 0.0460. The summed E-state index contributed by atoms with van der Waals surface area (Å²) in [5.41, 5.74) is 20.1. The molecule has 3 nitrogen and oxygen atoms in total. The summed E-state index contributed by atoms with van der Waals surface area (Å²) in [4.78, 5) is 2.69. The molecule has 8 aromatic carbocycles. The van der Waals surface area contributed by atoms with Gasteiger partial charge in [-0.1, -0.05) is 126 Å². The van der Waals surface area contributed by atoms with Gasteiger partial charge in [-0.15, -0.1) is 11.3 Å². The van der Waals surface area contributed by atoms with Crippen molar-refractivity contribution in [3.8, 4) is 27.9 Å². The molecule has 5 heterocycles. The van der Waals surface area contributed by atoms with Crippen LogP contribution in [0.15, 0.2) is 150 Å². The molecule has 1 aliphatic carbocycles. The van der Waals surface area contributed by atoms with E-state index >= 15 is 0 Å². The van der Waals surface area contributed by atoms with Crippen molar-refractivity contribution in [2.24, 2.45) is 0 Å². The second-order valence-electron chi connectivity index (χ2n) is 18.9. The van der Waals surface area contributed by atoms with Gasteiger partial charge in [0.25, 0.3) is 0 Å². The number of benzene rings is 8. The predicted molar refractivity (Wildman–Crippen MR) is 256 cm³/mol. The van der Waals surface area contributed by atoms with Crippen LogP contribution in [0.25, 0.3) is 91.9 Å². The van der Waals surface area contributed by atoms with Crippen LogP contribution in [0.5, 0.6) is 0 Å². The normalized spacial score (nSPS) is 14.8. The lowest BCUT2D eigenvalue weighted by molar-refractivity contribution is 0.590. The van der Waals surface area contributed by atoms with Gasteiger partial charge in [0.1, 0.15) is 11.2 Å². The van der Waals surface area contributed by atoms with Crippen molar-refractivity contribution >= 4 is 104 Å². The van der Waals surface area contributed by atoms with Crippen LogP contribution >= 0.6 is 11.3 Å². The fraction of sp³-hybridized carbons (Fsp3) is 0.127. The monoisotopic (exact) mass is 786 g/mol. The summed E-state index contributed by atoms with van der Waals surface area (Å²) in [7, 11) is 0. The Balaban J connectivity index is 1.17. The zero-order chi connectivity index (χ0) is 40.0. The molecular formula is C55H39BN2OS. The summed E-state index contributed by atoms with van der Waals surface area (Å²) in [6.07, 6.45) is 0. The van der Waals surface area contributed by atoms with E-state index < -0.39 is 0 Å². The Morgan fingerprint density at radius 1 is 0.550 bits per heavy atom. The Labute approximate surface area is 352 Å². The highest BCUT2D eigenvalue weighted by atomic mass is 32.1. The molecule has 60 heavy (non-hydrogen) atoms. The molecule has 0 saturated carbocycles. The smallest absolute Gasteiger partial charge is 0.333 e. The van der Waals surface area contributed by atoms with Crippen molar-refractivity contribution in [3.63, 3.8) is 0 Å². The van der Waals surface area contributed by atoms with Gasteiger partial charge in [-0.25, -0.2) is 0 Å². The Hall–Kier alpha value is -6.56. The number of thiophene rings is 1. The summed E-state index contributed by atoms with van der Waals surface area (Å²) >= 11 is 1.90. The molecule has 284 valence electrons. The van der Waals surface area contributed by atoms with E-state index in [2.05, 4.69) is 190 Å². The van der Waals surface area contributed by atoms with E-state index in [4.69, 9.17) is 4.42 Å². The van der Waals surface area contributed by atoms with Crippen LogP contribution < -0.4 is 15.7 Å². The first-order valence-corrected chi connectivity index (χ1v) is 22.0. The number of aromatic nitrogens is 1. The minimum atomic E-state index is -0.147. The topological polar surface area (TPSA) is 21.3 Å². The molecule has 0 N–H and O–H groups in total. The molecule has 0 fully saturated rings. The third kappa shape index (κ3) is 4.07. The summed E-state index contributed by atoms with van der Waals surface area (Å²) in [5.74, 6) is 0. The summed E-state index contributed by atoms with van der Waals surface area (Å²) < 4.78 is 11.8. The molecule has 2 aliphatic heterocycles. The quantitative estimate of drug-likeness (QED) is 0.155. The summed E-state index contributed by atoms with van der Waals surface area (Å²) in [6, 6.07) is 55.5. The van der Waals surface area contributed by atoms with E-state index in [1.165, 1.54) is 109 Å². The standard InChI is InChI=1S/C55H39BN2OS/c1-54(2,3)30-18-20-31(21-19-30)58-46-29-51-41(34-14-8-11-17-50(34)60-51)24-38(46)35-22-23-36-39-27-49-40(33-13-7-10-16-48(33)59-49)26-45(39)57-47-25-37-32-12-6-9-15-42(32)55(4,5)43(37)28-44(47)56(58)52(35)53(36)57/h6-29H,1-5H3. The van der Waals surface area contributed by atoms with E-state index in [-0.39, 0.29) is 17.7 Å². The first-order valence-electron chi connectivity index (χ1n) is 21.2. The van der Waals surface area contributed by atoms with Gasteiger partial charge in [-0.3, -0.25) is 0 Å². The van der Waals surface area contributed by atoms with Crippen LogP contribution in [-0.2, 0) is 10.8 Å². The van der Waals surface area contributed by atoms with Crippen LogP contribution in [0.3, 0.4) is 0 Å². The predicted octanol–water partition coefficient (Wildman–Crippen LogP) is 13.9. The van der Waals surface area contributed by atoms with Gasteiger partial charge >= 0.3 is 6.85 Å². The number of furan rings is 1. The highest BCUT2D eigenvalue weighted by Gasteiger charge is 2.46. The van der Waals surface area contributed by atoms with Crippen molar-refractivity contribution in [1.29, 1.82) is 0 Å². The van der Waals surface area contributed by atoms with Gasteiger partial charge < -0.3 is 13.8 Å². The Morgan fingerprint density at radius 3 is 2.18 bits per heavy atom. The maximum Gasteiger partial charge on any atom is 0.333 e. The van der Waals surface area contributed by atoms with Gasteiger partial charge in [0.2, 0.25) is 0 Å². The molecule has 0 radical (unpaired) electrons. The Bertz CT molecular complexity index is 3740. The lowest BCUT2D eigenvalue weighted by Crippen LogP contribution is -2.60. The number of hydrogen-bond acceptors (Lipinski definition) is 3. The third-order valence-corrected chi connectivity index (χ3v) is 15.5. The SMILES string of the molecule is CC(C)(C)c1ccc(N2B3c4cc5c(cc4-n4c6cc7c(cc6c6ccc(c3c64)-c3cc4c(cc32)sc2ccccc24)oc2ccccc27)-c2ccccc2C5(C)C)cc1. The zero-order valence-corrected chi connectivity index (χ0v) is 35.0. The van der Waals surface area contributed by atoms with Crippen molar-refractivity contribution in [3.05, 3.63) is 162 Å². The maximum absolute atomic E-state index is 6.57. The lowest BCUT2D eigenvalue weighted by atomic mass is 9.43. The zero-order valence-electron chi connectivity index (χ0n) is 34.1. The number of hydrogen-bond donors (Lipinski definition) is 0. The van der Waals surface area contributed by atoms with Crippen LogP contribution in [0.2, 0.25) is 0 Å². The minimum Gasteiger partial charge on any atom is -0.456 e. The van der Waals surface area contributed by atoms with Gasteiger partial charge in [-0.2, -0.15) is 0 Å². The van der Waals surface area contributed by atoms with Crippen molar-refractivity contribution in [2.75, 3.05) is 4.81 Å². The van der Waals surface area contributed by atoms with Crippen LogP contribution in [0, 0.1) is 0 Å². The lowest BCUT2D eigenvalue weighted by Gasteiger charge is -2.42. The molecule has 0 amide bonds. The first-order chi connectivity index (χ1) is 29.1. The molecule has 5 heteroatoms. The van der Waals surface area contributed by atoms with Crippen LogP contribution in [0.4, 0.5) is 11.4 Å². The van der Waals surface area contributed by atoms with Crippen molar-refractivity contribution in [1.82, 2.24) is 4.57 Å². The molecule has 11 aromatic rings. The first kappa shape index (κ1) is 33.3. The summed E-state index contributed by atoms with van der Waals surface area (Å²) in [5, 5.41) is 7.43. The van der Waals surface area contributed by atoms with Gasteiger partial charge in [0, 0.05) is 69.8 Å². The van der Waals surface area contributed by atoms with Crippen molar-refractivity contribution < 1.29 is 4.42 Å². The van der Waals surface area contributed by atoms with E-state index in [0.717, 1.165) is 21.9 Å². The van der Waals surface area contributed by atoms with Crippen LogP contribution in [0.1, 0.15) is 51.3 Å². The number of anilines is 2. The third-order valence-electron chi connectivity index (χ3n) is 14.3. The number of nitrogens with zero attached hydrogens (tertiary/aromatic N) is 2. The second kappa shape index (κ2) is 11.0. The Kier molecular flexibility index (Phi) is 6.09. The molecule has 0 unspecified atom stereocenters. The molecular weight excluding hydrogens is 747 g/mol. The average molecular weight is 787 g/mol. The fourth-order valence-electron chi connectivity index (χ4n) is 11.4. The molecule has 0 saturated heterocycles. The molecule has 14 rings (SSSR count). The molecule has 0 bridgehead atoms.